The average Bonchev–Trinajstić information content (AvgIpc) is 3.29. The van der Waals surface area contributed by atoms with Gasteiger partial charge < -0.3 is 20.3 Å². The molecule has 64 heavy (non-hydrogen) atoms. The number of nitrogens with one attached hydrogen (secondary N) is 1. The van der Waals surface area contributed by atoms with Crippen LogP contribution in [0, 0.1) is 0 Å². The highest BCUT2D eigenvalue weighted by molar-refractivity contribution is 5.77. The van der Waals surface area contributed by atoms with E-state index in [-0.39, 0.29) is 24.9 Å². The Hall–Kier alpha value is -1.92. The molecule has 0 radical (unpaired) electrons. The predicted molar refractivity (Wildman–Crippen MR) is 278 cm³/mol. The van der Waals surface area contributed by atoms with Crippen molar-refractivity contribution < 1.29 is 24.5 Å². The van der Waals surface area contributed by atoms with E-state index in [0.29, 0.717) is 19.3 Å². The summed E-state index contributed by atoms with van der Waals surface area (Å²) in [6, 6.07) is -0.700. The first kappa shape index (κ1) is 62.1. The van der Waals surface area contributed by atoms with Crippen molar-refractivity contribution in [3.63, 3.8) is 0 Å². The Bertz CT molecular complexity index is 1060. The molecule has 0 aliphatic carbocycles. The van der Waals surface area contributed by atoms with E-state index >= 15 is 0 Å². The molecule has 0 spiro atoms. The number of unbranched alkanes of at least 4 members (excludes halogenated alkanes) is 33. The average molecular weight is 901 g/mol. The standard InChI is InChI=1S/C58H109NO5/c1-4-7-10-13-16-19-21-23-25-27-28-30-32-34-36-39-42-45-48-51-58(63)64-54(49-46-43-40-38-35-33-31-29-26-24-22-20-17-14-11-8-5-2)52-57(62)59-55(53-60)56(61)50-47-44-41-37-18-15-12-9-6-3/h16,19,23,25,28,30,54-56,60-61H,4-15,17-18,20-22,24,26-27,29,31-53H2,1-3H3,(H,59,62)/b19-16-,25-23-,30-28-. The summed E-state index contributed by atoms with van der Waals surface area (Å²) < 4.78 is 5.96. The molecule has 0 bridgehead atoms. The number of esters is 1. The van der Waals surface area contributed by atoms with Crippen LogP contribution < -0.4 is 5.32 Å². The van der Waals surface area contributed by atoms with Gasteiger partial charge in [0, 0.05) is 6.42 Å². The minimum absolute atomic E-state index is 0.0765. The molecule has 0 saturated heterocycles. The van der Waals surface area contributed by atoms with Crippen LogP contribution in [0.5, 0.6) is 0 Å². The molecule has 3 N–H and O–H groups in total. The summed E-state index contributed by atoms with van der Waals surface area (Å²) in [5, 5.41) is 23.8. The highest BCUT2D eigenvalue weighted by Gasteiger charge is 2.24. The molecular weight excluding hydrogens is 791 g/mol. The first-order valence-corrected chi connectivity index (χ1v) is 28.2. The lowest BCUT2D eigenvalue weighted by atomic mass is 10.0. The van der Waals surface area contributed by atoms with Crippen LogP contribution in [0.4, 0.5) is 0 Å². The topological polar surface area (TPSA) is 95.9 Å². The lowest BCUT2D eigenvalue weighted by Gasteiger charge is -2.24. The van der Waals surface area contributed by atoms with E-state index in [1.165, 1.54) is 180 Å². The number of aliphatic hydroxyl groups is 2. The second kappa shape index (κ2) is 52.1. The first-order valence-electron chi connectivity index (χ1n) is 28.2. The number of aliphatic hydroxyl groups excluding tert-OH is 2. The van der Waals surface area contributed by atoms with Crippen molar-refractivity contribution in [2.45, 2.75) is 315 Å². The van der Waals surface area contributed by atoms with Gasteiger partial charge in [0.05, 0.1) is 25.2 Å². The molecule has 0 fully saturated rings. The highest BCUT2D eigenvalue weighted by Crippen LogP contribution is 2.19. The third-order valence-electron chi connectivity index (χ3n) is 13.0. The van der Waals surface area contributed by atoms with Crippen molar-refractivity contribution >= 4 is 11.9 Å². The summed E-state index contributed by atoms with van der Waals surface area (Å²) in [4.78, 5) is 26.2. The van der Waals surface area contributed by atoms with Crippen LogP contribution in [-0.4, -0.2) is 46.9 Å². The summed E-state index contributed by atoms with van der Waals surface area (Å²) in [5.74, 6) is -0.474. The molecule has 0 aromatic carbocycles. The zero-order chi connectivity index (χ0) is 46.7. The quantitative estimate of drug-likeness (QED) is 0.0321. The molecule has 6 heteroatoms. The van der Waals surface area contributed by atoms with Crippen molar-refractivity contribution in [1.82, 2.24) is 5.32 Å². The molecule has 0 aromatic heterocycles. The Morgan fingerprint density at radius 3 is 1.23 bits per heavy atom. The number of carbonyl (C=O) groups is 2. The number of ether oxygens (including phenoxy) is 1. The zero-order valence-corrected chi connectivity index (χ0v) is 42.9. The number of hydrogen-bond acceptors (Lipinski definition) is 5. The van der Waals surface area contributed by atoms with Gasteiger partial charge in [0.15, 0.2) is 0 Å². The predicted octanol–water partition coefficient (Wildman–Crippen LogP) is 17.2. The van der Waals surface area contributed by atoms with Gasteiger partial charge in [-0.25, -0.2) is 0 Å². The summed E-state index contributed by atoms with van der Waals surface area (Å²) >= 11 is 0. The Kier molecular flexibility index (Phi) is 50.5. The third-order valence-corrected chi connectivity index (χ3v) is 13.0. The maximum Gasteiger partial charge on any atom is 0.306 e. The SMILES string of the molecule is CCCCC/C=C\C/C=C\C/C=C\CCCCCCCCC(=O)OC(CCCCCCCCCCCCCCCCCCC)CC(=O)NC(CO)C(O)CCCCCCCCCCC. The number of allylic oxidation sites excluding steroid dienone is 6. The first-order chi connectivity index (χ1) is 31.5. The molecule has 0 aliphatic rings. The second-order valence-corrected chi connectivity index (χ2v) is 19.3. The van der Waals surface area contributed by atoms with E-state index in [4.69, 9.17) is 4.74 Å². The Labute approximate surface area is 398 Å². The lowest BCUT2D eigenvalue weighted by Crippen LogP contribution is -2.46. The van der Waals surface area contributed by atoms with Crippen LogP contribution in [0.2, 0.25) is 0 Å². The zero-order valence-electron chi connectivity index (χ0n) is 42.9. The van der Waals surface area contributed by atoms with Gasteiger partial charge in [0.2, 0.25) is 5.91 Å². The molecule has 376 valence electrons. The molecule has 0 heterocycles. The minimum Gasteiger partial charge on any atom is -0.462 e. The van der Waals surface area contributed by atoms with E-state index in [1.807, 2.05) is 0 Å². The molecule has 3 atom stereocenters. The Morgan fingerprint density at radius 1 is 0.453 bits per heavy atom. The highest BCUT2D eigenvalue weighted by atomic mass is 16.5. The fourth-order valence-corrected chi connectivity index (χ4v) is 8.67. The van der Waals surface area contributed by atoms with Gasteiger partial charge in [-0.15, -0.1) is 0 Å². The van der Waals surface area contributed by atoms with E-state index in [1.54, 1.807) is 0 Å². The minimum atomic E-state index is -0.786. The van der Waals surface area contributed by atoms with Gasteiger partial charge in [-0.05, 0) is 64.2 Å². The fourth-order valence-electron chi connectivity index (χ4n) is 8.67. The van der Waals surface area contributed by atoms with Crippen molar-refractivity contribution in [1.29, 1.82) is 0 Å². The molecule has 1 amide bonds. The molecule has 0 aliphatic heterocycles. The van der Waals surface area contributed by atoms with E-state index < -0.39 is 18.2 Å². The van der Waals surface area contributed by atoms with Crippen molar-refractivity contribution in [2.75, 3.05) is 6.61 Å². The Morgan fingerprint density at radius 2 is 0.797 bits per heavy atom. The molecule has 0 aromatic rings. The monoisotopic (exact) mass is 900 g/mol. The van der Waals surface area contributed by atoms with E-state index in [9.17, 15) is 19.8 Å². The number of rotatable bonds is 51. The number of amides is 1. The third kappa shape index (κ3) is 46.6. The van der Waals surface area contributed by atoms with Crippen LogP contribution in [0.3, 0.4) is 0 Å². The van der Waals surface area contributed by atoms with E-state index in [2.05, 4.69) is 62.5 Å². The summed E-state index contributed by atoms with van der Waals surface area (Å²) in [7, 11) is 0. The smallest absolute Gasteiger partial charge is 0.306 e. The van der Waals surface area contributed by atoms with Crippen molar-refractivity contribution in [3.8, 4) is 0 Å². The van der Waals surface area contributed by atoms with Gasteiger partial charge in [-0.3, -0.25) is 9.59 Å². The van der Waals surface area contributed by atoms with Gasteiger partial charge in [-0.2, -0.15) is 0 Å². The molecule has 0 rings (SSSR count). The molecule has 6 nitrogen and oxygen atoms in total. The maximum atomic E-state index is 13.2. The number of hydrogen-bond donors (Lipinski definition) is 3. The maximum absolute atomic E-state index is 13.2. The van der Waals surface area contributed by atoms with Crippen LogP contribution in [-0.2, 0) is 14.3 Å². The molecular formula is C58H109NO5. The van der Waals surface area contributed by atoms with Gasteiger partial charge in [-0.1, -0.05) is 256 Å². The van der Waals surface area contributed by atoms with Gasteiger partial charge in [0.1, 0.15) is 6.10 Å². The summed E-state index contributed by atoms with van der Waals surface area (Å²) in [5.41, 5.74) is 0. The van der Waals surface area contributed by atoms with Gasteiger partial charge in [0.25, 0.3) is 0 Å². The number of carbonyl (C=O) groups excluding carboxylic acids is 2. The van der Waals surface area contributed by atoms with Crippen LogP contribution in [0.1, 0.15) is 297 Å². The molecule has 0 saturated carbocycles. The summed E-state index contributed by atoms with van der Waals surface area (Å²) in [6.45, 7) is 6.46. The second-order valence-electron chi connectivity index (χ2n) is 19.3. The fraction of sp³-hybridized carbons (Fsp3) is 0.862. The molecule has 3 unspecified atom stereocenters. The lowest BCUT2D eigenvalue weighted by molar-refractivity contribution is -0.151. The van der Waals surface area contributed by atoms with Crippen LogP contribution in [0.25, 0.3) is 0 Å². The van der Waals surface area contributed by atoms with E-state index in [0.717, 1.165) is 70.6 Å². The summed E-state index contributed by atoms with van der Waals surface area (Å²) in [6.07, 6.45) is 62.1. The van der Waals surface area contributed by atoms with Crippen LogP contribution >= 0.6 is 0 Å². The van der Waals surface area contributed by atoms with Crippen LogP contribution in [0.15, 0.2) is 36.5 Å². The van der Waals surface area contributed by atoms with Gasteiger partial charge >= 0.3 is 5.97 Å². The Balaban J connectivity index is 4.52. The van der Waals surface area contributed by atoms with Crippen molar-refractivity contribution in [2.24, 2.45) is 0 Å². The largest absolute Gasteiger partial charge is 0.462 e. The normalized spacial score (nSPS) is 13.4. The van der Waals surface area contributed by atoms with Crippen molar-refractivity contribution in [3.05, 3.63) is 36.5 Å².